The van der Waals surface area contributed by atoms with Crippen LogP contribution in [0.25, 0.3) is 0 Å². The van der Waals surface area contributed by atoms with Gasteiger partial charge >= 0.3 is 0 Å². The number of ether oxygens (including phenoxy) is 1. The summed E-state index contributed by atoms with van der Waals surface area (Å²) in [4.78, 5) is 0. The number of rotatable bonds is 6. The summed E-state index contributed by atoms with van der Waals surface area (Å²) >= 11 is 2.09. The van der Waals surface area contributed by atoms with E-state index in [0.717, 1.165) is 6.61 Å². The summed E-state index contributed by atoms with van der Waals surface area (Å²) in [5, 5.41) is 0. The first-order chi connectivity index (χ1) is 5.33. The number of hydrogen-bond acceptors (Lipinski definition) is 2. The Bertz CT molecular complexity index is 130. The van der Waals surface area contributed by atoms with Crippen LogP contribution in [0.3, 0.4) is 0 Å². The van der Waals surface area contributed by atoms with E-state index < -0.39 is 0 Å². The van der Waals surface area contributed by atoms with E-state index in [2.05, 4.69) is 25.3 Å². The Labute approximate surface area is 73.2 Å². The van der Waals surface area contributed by atoms with Crippen LogP contribution in [0.4, 0.5) is 0 Å². The average Bonchev–Trinajstić information content (AvgIpc) is 2.80. The van der Waals surface area contributed by atoms with Gasteiger partial charge in [0.25, 0.3) is 0 Å². The van der Waals surface area contributed by atoms with E-state index >= 15 is 0 Å². The summed E-state index contributed by atoms with van der Waals surface area (Å²) < 4.78 is 5.70. The van der Waals surface area contributed by atoms with Gasteiger partial charge < -0.3 is 4.74 Å². The molecule has 1 aliphatic rings. The molecule has 11 heavy (non-hydrogen) atoms. The molecule has 1 aliphatic heterocycles. The minimum Gasteiger partial charge on any atom is -0.502 e. The molecule has 0 amide bonds. The topological polar surface area (TPSA) is 9.23 Å². The smallest absolute Gasteiger partial charge is 0.0873 e. The van der Waals surface area contributed by atoms with E-state index in [-0.39, 0.29) is 0 Å². The van der Waals surface area contributed by atoms with Crippen LogP contribution < -0.4 is 0 Å². The lowest BCUT2D eigenvalue weighted by molar-refractivity contribution is 0.240. The maximum atomic E-state index is 5.06. The fourth-order valence-electron chi connectivity index (χ4n) is 1.19. The zero-order chi connectivity index (χ0) is 8.16. The van der Waals surface area contributed by atoms with Gasteiger partial charge in [0.2, 0.25) is 0 Å². The molecule has 1 nitrogen and oxygen atoms in total. The van der Waals surface area contributed by atoms with E-state index in [1.807, 2.05) is 0 Å². The molecular weight excluding hydrogens is 156 g/mol. The lowest BCUT2D eigenvalue weighted by atomic mass is 10.0. The summed E-state index contributed by atoms with van der Waals surface area (Å²) in [5.74, 6) is 1.36. The molecule has 0 aliphatic carbocycles. The number of thioether (sulfide) groups is 1. The molecule has 1 unspecified atom stereocenters. The molecule has 1 rings (SSSR count). The molecule has 1 heterocycles. The Morgan fingerprint density at radius 2 is 2.45 bits per heavy atom. The molecule has 0 N–H and O–H groups in total. The quantitative estimate of drug-likeness (QED) is 0.346. The molecule has 0 aromatic rings. The molecule has 1 saturated heterocycles. The van der Waals surface area contributed by atoms with Gasteiger partial charge in [0.05, 0.1) is 12.9 Å². The van der Waals surface area contributed by atoms with Crippen molar-refractivity contribution in [2.75, 3.05) is 12.4 Å². The van der Waals surface area contributed by atoms with Gasteiger partial charge in [-0.15, -0.1) is 0 Å². The highest BCUT2D eigenvalue weighted by atomic mass is 32.2. The third-order valence-corrected chi connectivity index (χ3v) is 3.81. The number of hydrogen-bond donors (Lipinski definition) is 0. The van der Waals surface area contributed by atoms with Crippen molar-refractivity contribution in [3.05, 3.63) is 12.8 Å². The lowest BCUT2D eigenvalue weighted by Gasteiger charge is -2.08. The summed E-state index contributed by atoms with van der Waals surface area (Å²) in [6.07, 6.45) is 5.32. The van der Waals surface area contributed by atoms with Gasteiger partial charge in [-0.25, -0.2) is 0 Å². The standard InChI is InChI=1S/C9H16OS/c1-3-9(8-11-9)6-5-7-10-4-2/h4H,2-3,5-8H2,1H3. The highest BCUT2D eigenvalue weighted by Gasteiger charge is 2.40. The monoisotopic (exact) mass is 172 g/mol. The fraction of sp³-hybridized carbons (Fsp3) is 0.778. The van der Waals surface area contributed by atoms with Crippen LogP contribution in [0.2, 0.25) is 0 Å². The molecule has 0 saturated carbocycles. The predicted molar refractivity (Wildman–Crippen MR) is 50.9 cm³/mol. The maximum absolute atomic E-state index is 5.06. The van der Waals surface area contributed by atoms with Crippen LogP contribution >= 0.6 is 11.8 Å². The van der Waals surface area contributed by atoms with E-state index in [9.17, 15) is 0 Å². The van der Waals surface area contributed by atoms with E-state index in [0.29, 0.717) is 4.75 Å². The van der Waals surface area contributed by atoms with Crippen molar-refractivity contribution in [1.29, 1.82) is 0 Å². The van der Waals surface area contributed by atoms with Crippen molar-refractivity contribution in [3.63, 3.8) is 0 Å². The van der Waals surface area contributed by atoms with Crippen molar-refractivity contribution >= 4 is 11.8 Å². The van der Waals surface area contributed by atoms with Crippen molar-refractivity contribution in [1.82, 2.24) is 0 Å². The molecule has 2 heteroatoms. The SMILES string of the molecule is C=COCCCC1(CC)CS1. The first kappa shape index (κ1) is 8.98. The highest BCUT2D eigenvalue weighted by molar-refractivity contribution is 8.07. The van der Waals surface area contributed by atoms with Gasteiger partial charge in [-0.05, 0) is 19.3 Å². The molecule has 1 fully saturated rings. The molecule has 1 atom stereocenters. The summed E-state index contributed by atoms with van der Waals surface area (Å²) in [7, 11) is 0. The molecule has 0 bridgehead atoms. The molecule has 0 spiro atoms. The van der Waals surface area contributed by atoms with Gasteiger partial charge in [-0.3, -0.25) is 0 Å². The Kier molecular flexibility index (Phi) is 3.31. The van der Waals surface area contributed by atoms with E-state index in [1.54, 1.807) is 0 Å². The third-order valence-electron chi connectivity index (χ3n) is 2.21. The van der Waals surface area contributed by atoms with Crippen LogP contribution in [0, 0.1) is 0 Å². The molecule has 64 valence electrons. The average molecular weight is 172 g/mol. The predicted octanol–water partition coefficient (Wildman–Crippen LogP) is 2.82. The van der Waals surface area contributed by atoms with Crippen LogP contribution in [-0.2, 0) is 4.74 Å². The largest absolute Gasteiger partial charge is 0.502 e. The van der Waals surface area contributed by atoms with Crippen LogP contribution in [0.1, 0.15) is 26.2 Å². The van der Waals surface area contributed by atoms with Crippen molar-refractivity contribution in [3.8, 4) is 0 Å². The maximum Gasteiger partial charge on any atom is 0.0873 e. The highest BCUT2D eigenvalue weighted by Crippen LogP contribution is 2.50. The zero-order valence-corrected chi connectivity index (χ0v) is 7.95. The van der Waals surface area contributed by atoms with E-state index in [4.69, 9.17) is 4.74 Å². The third kappa shape index (κ3) is 2.78. The van der Waals surface area contributed by atoms with Gasteiger partial charge in [-0.2, -0.15) is 11.8 Å². The van der Waals surface area contributed by atoms with Crippen molar-refractivity contribution in [2.24, 2.45) is 0 Å². The second kappa shape index (κ2) is 4.05. The van der Waals surface area contributed by atoms with Crippen molar-refractivity contribution < 1.29 is 4.74 Å². The minimum atomic E-state index is 0.643. The van der Waals surface area contributed by atoms with Crippen LogP contribution in [-0.4, -0.2) is 17.1 Å². The van der Waals surface area contributed by atoms with Gasteiger partial charge in [0, 0.05) is 10.5 Å². The van der Waals surface area contributed by atoms with Gasteiger partial charge in [0.15, 0.2) is 0 Å². The Morgan fingerprint density at radius 1 is 1.73 bits per heavy atom. The van der Waals surface area contributed by atoms with Gasteiger partial charge in [-0.1, -0.05) is 13.5 Å². The summed E-state index contributed by atoms with van der Waals surface area (Å²) in [6.45, 7) is 6.61. The second-order valence-corrected chi connectivity index (χ2v) is 4.41. The van der Waals surface area contributed by atoms with Crippen LogP contribution in [0.15, 0.2) is 12.8 Å². The lowest BCUT2D eigenvalue weighted by Crippen LogP contribution is -2.07. The zero-order valence-electron chi connectivity index (χ0n) is 7.14. The molecule has 0 radical (unpaired) electrons. The molecular formula is C9H16OS. The summed E-state index contributed by atoms with van der Waals surface area (Å²) in [5.41, 5.74) is 0. The first-order valence-electron chi connectivity index (χ1n) is 4.19. The Balaban J connectivity index is 1.98. The Hall–Kier alpha value is -0.110. The van der Waals surface area contributed by atoms with E-state index in [1.165, 1.54) is 31.3 Å². The molecule has 0 aromatic heterocycles. The van der Waals surface area contributed by atoms with Crippen LogP contribution in [0.5, 0.6) is 0 Å². The Morgan fingerprint density at radius 3 is 2.91 bits per heavy atom. The summed E-state index contributed by atoms with van der Waals surface area (Å²) in [6, 6.07) is 0. The van der Waals surface area contributed by atoms with Gasteiger partial charge in [0.1, 0.15) is 0 Å². The fourth-order valence-corrected chi connectivity index (χ4v) is 2.23. The second-order valence-electron chi connectivity index (χ2n) is 2.97. The normalized spacial score (nSPS) is 28.1. The first-order valence-corrected chi connectivity index (χ1v) is 5.18. The molecule has 0 aromatic carbocycles. The minimum absolute atomic E-state index is 0.643. The van der Waals surface area contributed by atoms with Crippen molar-refractivity contribution in [2.45, 2.75) is 30.9 Å².